The van der Waals surface area contributed by atoms with Crippen LogP contribution >= 0.6 is 0 Å². The Hall–Kier alpha value is -1.29. The third-order valence-corrected chi connectivity index (χ3v) is 3.07. The van der Waals surface area contributed by atoms with Crippen molar-refractivity contribution in [2.45, 2.75) is 51.2 Å². The second-order valence-corrected chi connectivity index (χ2v) is 4.84. The number of unbranched alkanes of at least 4 members (excludes halogenated alkanes) is 1. The minimum atomic E-state index is -0.202. The molecule has 4 heteroatoms. The Labute approximate surface area is 102 Å². The first-order valence-corrected chi connectivity index (χ1v) is 6.40. The van der Waals surface area contributed by atoms with Gasteiger partial charge < -0.3 is 15.6 Å². The third kappa shape index (κ3) is 4.61. The molecule has 1 aromatic heterocycles. The van der Waals surface area contributed by atoms with Crippen molar-refractivity contribution in [1.82, 2.24) is 9.88 Å². The molecule has 0 aromatic carbocycles. The minimum absolute atomic E-state index is 0.202. The van der Waals surface area contributed by atoms with E-state index < -0.39 is 0 Å². The van der Waals surface area contributed by atoms with E-state index in [0.717, 1.165) is 32.0 Å². The molecule has 1 aromatic rings. The number of hydrogen-bond acceptors (Lipinski definition) is 2. The Bertz CT molecular complexity index is 368. The topological polar surface area (TPSA) is 60.1 Å². The lowest BCUT2D eigenvalue weighted by atomic mass is 10.2. The maximum Gasteiger partial charge on any atom is 0.217 e. The van der Waals surface area contributed by atoms with Gasteiger partial charge in [0.05, 0.1) is 0 Å². The van der Waals surface area contributed by atoms with Gasteiger partial charge in [-0.1, -0.05) is 0 Å². The van der Waals surface area contributed by atoms with Crippen molar-refractivity contribution >= 4 is 5.91 Å². The van der Waals surface area contributed by atoms with Crippen LogP contribution in [0.1, 0.15) is 37.7 Å². The summed E-state index contributed by atoms with van der Waals surface area (Å²) < 4.78 is 2.19. The van der Waals surface area contributed by atoms with Crippen LogP contribution in [0.5, 0.6) is 0 Å². The van der Waals surface area contributed by atoms with Gasteiger partial charge in [-0.15, -0.1) is 0 Å². The zero-order chi connectivity index (χ0) is 12.1. The number of carbonyl (C=O) groups excluding carboxylic acids is 1. The van der Waals surface area contributed by atoms with Gasteiger partial charge in [0.15, 0.2) is 0 Å². The normalized spacial score (nSPS) is 15.1. The van der Waals surface area contributed by atoms with Gasteiger partial charge in [-0.2, -0.15) is 0 Å². The summed E-state index contributed by atoms with van der Waals surface area (Å²) in [6.07, 6.45) is 9.32. The van der Waals surface area contributed by atoms with Crippen LogP contribution in [0.4, 0.5) is 0 Å². The summed E-state index contributed by atoms with van der Waals surface area (Å²) in [7, 11) is 0. The van der Waals surface area contributed by atoms with Crippen LogP contribution in [-0.2, 0) is 17.9 Å². The van der Waals surface area contributed by atoms with E-state index in [-0.39, 0.29) is 5.91 Å². The van der Waals surface area contributed by atoms with Gasteiger partial charge in [0.25, 0.3) is 0 Å². The van der Waals surface area contributed by atoms with E-state index in [1.165, 1.54) is 18.4 Å². The zero-order valence-corrected chi connectivity index (χ0v) is 10.2. The molecule has 0 atom stereocenters. The fourth-order valence-corrected chi connectivity index (χ4v) is 1.88. The molecule has 1 aliphatic rings. The molecule has 1 saturated carbocycles. The minimum Gasteiger partial charge on any atom is -0.370 e. The average molecular weight is 235 g/mol. The van der Waals surface area contributed by atoms with Crippen LogP contribution in [0.15, 0.2) is 18.5 Å². The smallest absolute Gasteiger partial charge is 0.217 e. The monoisotopic (exact) mass is 235 g/mol. The SMILES string of the molecule is NC(=O)CCCCn1ccc(CNC2CC2)c1. The van der Waals surface area contributed by atoms with Crippen molar-refractivity contribution in [1.29, 1.82) is 0 Å². The third-order valence-electron chi connectivity index (χ3n) is 3.07. The van der Waals surface area contributed by atoms with Crippen molar-refractivity contribution in [3.63, 3.8) is 0 Å². The largest absolute Gasteiger partial charge is 0.370 e. The maximum absolute atomic E-state index is 10.6. The van der Waals surface area contributed by atoms with Gasteiger partial charge in [0, 0.05) is 37.9 Å². The van der Waals surface area contributed by atoms with Crippen molar-refractivity contribution < 1.29 is 4.79 Å². The molecule has 17 heavy (non-hydrogen) atoms. The first-order chi connectivity index (χ1) is 8.24. The molecule has 0 bridgehead atoms. The fraction of sp³-hybridized carbons (Fsp3) is 0.615. The highest BCUT2D eigenvalue weighted by molar-refractivity contribution is 5.73. The standard InChI is InChI=1S/C13H21N3O/c14-13(17)3-1-2-7-16-8-6-11(10-16)9-15-12-4-5-12/h6,8,10,12,15H,1-5,7,9H2,(H2,14,17). The Morgan fingerprint density at radius 1 is 1.47 bits per heavy atom. The molecule has 94 valence electrons. The number of amides is 1. The van der Waals surface area contributed by atoms with E-state index >= 15 is 0 Å². The number of hydrogen-bond donors (Lipinski definition) is 2. The highest BCUT2D eigenvalue weighted by atomic mass is 16.1. The van der Waals surface area contributed by atoms with Gasteiger partial charge in [-0.05, 0) is 37.3 Å². The Balaban J connectivity index is 1.64. The van der Waals surface area contributed by atoms with Crippen molar-refractivity contribution in [2.24, 2.45) is 5.73 Å². The quantitative estimate of drug-likeness (QED) is 0.669. The molecule has 1 amide bonds. The first-order valence-electron chi connectivity index (χ1n) is 6.40. The molecule has 0 radical (unpaired) electrons. The van der Waals surface area contributed by atoms with Crippen molar-refractivity contribution in [3.05, 3.63) is 24.0 Å². The van der Waals surface area contributed by atoms with Crippen LogP contribution in [0.2, 0.25) is 0 Å². The van der Waals surface area contributed by atoms with E-state index in [4.69, 9.17) is 5.73 Å². The number of nitrogens with zero attached hydrogens (tertiary/aromatic N) is 1. The lowest BCUT2D eigenvalue weighted by Gasteiger charge is -2.02. The van der Waals surface area contributed by atoms with E-state index in [1.807, 2.05) is 0 Å². The summed E-state index contributed by atoms with van der Waals surface area (Å²) in [4.78, 5) is 10.6. The number of carbonyl (C=O) groups is 1. The molecular formula is C13H21N3O. The lowest BCUT2D eigenvalue weighted by molar-refractivity contribution is -0.118. The summed E-state index contributed by atoms with van der Waals surface area (Å²) in [5.74, 6) is -0.202. The zero-order valence-electron chi connectivity index (χ0n) is 10.2. The van der Waals surface area contributed by atoms with E-state index in [1.54, 1.807) is 0 Å². The van der Waals surface area contributed by atoms with Gasteiger partial charge >= 0.3 is 0 Å². The van der Waals surface area contributed by atoms with E-state index in [9.17, 15) is 4.79 Å². The predicted molar refractivity (Wildman–Crippen MR) is 67.3 cm³/mol. The highest BCUT2D eigenvalue weighted by Gasteiger charge is 2.19. The van der Waals surface area contributed by atoms with Crippen LogP contribution in [0.25, 0.3) is 0 Å². The Morgan fingerprint density at radius 3 is 3.00 bits per heavy atom. The second kappa shape index (κ2) is 5.87. The molecular weight excluding hydrogens is 214 g/mol. The number of nitrogens with two attached hydrogens (primary N) is 1. The van der Waals surface area contributed by atoms with Crippen molar-refractivity contribution in [2.75, 3.05) is 0 Å². The summed E-state index contributed by atoms with van der Waals surface area (Å²) in [6.45, 7) is 1.94. The van der Waals surface area contributed by atoms with Gasteiger partial charge in [-0.3, -0.25) is 4.79 Å². The summed E-state index contributed by atoms with van der Waals surface area (Å²) >= 11 is 0. The fourth-order valence-electron chi connectivity index (χ4n) is 1.88. The Morgan fingerprint density at radius 2 is 2.29 bits per heavy atom. The molecule has 2 rings (SSSR count). The molecule has 0 unspecified atom stereocenters. The number of primary amides is 1. The number of aryl methyl sites for hydroxylation is 1. The number of rotatable bonds is 8. The van der Waals surface area contributed by atoms with Gasteiger partial charge in [-0.25, -0.2) is 0 Å². The molecule has 1 fully saturated rings. The van der Waals surface area contributed by atoms with Crippen LogP contribution in [-0.4, -0.2) is 16.5 Å². The van der Waals surface area contributed by atoms with E-state index in [2.05, 4.69) is 28.3 Å². The molecule has 0 spiro atoms. The number of aromatic nitrogens is 1. The van der Waals surface area contributed by atoms with Crippen LogP contribution in [0, 0.1) is 0 Å². The number of nitrogens with one attached hydrogen (secondary N) is 1. The average Bonchev–Trinajstić information content (AvgIpc) is 3.01. The Kier molecular flexibility index (Phi) is 4.20. The highest BCUT2D eigenvalue weighted by Crippen LogP contribution is 2.19. The maximum atomic E-state index is 10.6. The van der Waals surface area contributed by atoms with Gasteiger partial charge in [0.2, 0.25) is 5.91 Å². The summed E-state index contributed by atoms with van der Waals surface area (Å²) in [5, 5.41) is 3.49. The molecule has 1 aliphatic carbocycles. The molecule has 4 nitrogen and oxygen atoms in total. The van der Waals surface area contributed by atoms with E-state index in [0.29, 0.717) is 6.42 Å². The molecule has 3 N–H and O–H groups in total. The molecule has 0 saturated heterocycles. The lowest BCUT2D eigenvalue weighted by Crippen LogP contribution is -2.14. The van der Waals surface area contributed by atoms with Gasteiger partial charge in [0.1, 0.15) is 0 Å². The summed E-state index contributed by atoms with van der Waals surface area (Å²) in [5.41, 5.74) is 6.44. The second-order valence-electron chi connectivity index (χ2n) is 4.84. The summed E-state index contributed by atoms with van der Waals surface area (Å²) in [6, 6.07) is 2.91. The predicted octanol–water partition coefficient (Wildman–Crippen LogP) is 1.40. The van der Waals surface area contributed by atoms with Crippen LogP contribution in [0.3, 0.4) is 0 Å². The first kappa shape index (κ1) is 12.2. The molecule has 0 aliphatic heterocycles. The molecule has 1 heterocycles. The van der Waals surface area contributed by atoms with Crippen LogP contribution < -0.4 is 11.1 Å². The van der Waals surface area contributed by atoms with Crippen molar-refractivity contribution in [3.8, 4) is 0 Å².